The summed E-state index contributed by atoms with van der Waals surface area (Å²) >= 11 is 0. The Morgan fingerprint density at radius 2 is 2.11 bits per heavy atom. The fourth-order valence-corrected chi connectivity index (χ4v) is 2.26. The highest BCUT2D eigenvalue weighted by Gasteiger charge is 2.48. The largest absolute Gasteiger partial charge is 0.481 e. The van der Waals surface area contributed by atoms with E-state index in [1.165, 1.54) is 0 Å². The lowest BCUT2D eigenvalue weighted by atomic mass is 10.1. The van der Waals surface area contributed by atoms with Crippen molar-refractivity contribution in [3.05, 3.63) is 17.0 Å². The minimum Gasteiger partial charge on any atom is -0.481 e. The number of carbonyl (C=O) groups is 2. The SMILES string of the molecule is Cc1noc(C)c1[C@H](C)NC(=O)[C@H]1C[C@@H]1C(=O)O. The van der Waals surface area contributed by atoms with Gasteiger partial charge in [0.2, 0.25) is 5.91 Å². The van der Waals surface area contributed by atoms with Gasteiger partial charge in [-0.1, -0.05) is 5.16 Å². The molecular formula is C12H16N2O4. The van der Waals surface area contributed by atoms with Crippen molar-refractivity contribution in [3.8, 4) is 0 Å². The van der Waals surface area contributed by atoms with Crippen molar-refractivity contribution < 1.29 is 19.2 Å². The van der Waals surface area contributed by atoms with Crippen molar-refractivity contribution in [2.75, 3.05) is 0 Å². The summed E-state index contributed by atoms with van der Waals surface area (Å²) in [5, 5.41) is 15.4. The molecule has 1 aromatic rings. The lowest BCUT2D eigenvalue weighted by Crippen LogP contribution is -2.29. The van der Waals surface area contributed by atoms with Crippen LogP contribution in [0.5, 0.6) is 0 Å². The highest BCUT2D eigenvalue weighted by Crippen LogP contribution is 2.39. The number of carboxylic acid groups (broad SMARTS) is 1. The van der Waals surface area contributed by atoms with Crippen LogP contribution in [0.3, 0.4) is 0 Å². The van der Waals surface area contributed by atoms with Gasteiger partial charge in [0.05, 0.1) is 23.6 Å². The molecule has 0 bridgehead atoms. The summed E-state index contributed by atoms with van der Waals surface area (Å²) in [5.74, 6) is -1.37. The molecule has 1 amide bonds. The van der Waals surface area contributed by atoms with E-state index < -0.39 is 17.8 Å². The van der Waals surface area contributed by atoms with Gasteiger partial charge in [-0.2, -0.15) is 0 Å². The van der Waals surface area contributed by atoms with Crippen molar-refractivity contribution in [1.29, 1.82) is 0 Å². The van der Waals surface area contributed by atoms with E-state index >= 15 is 0 Å². The van der Waals surface area contributed by atoms with Crippen molar-refractivity contribution in [1.82, 2.24) is 10.5 Å². The first kappa shape index (κ1) is 12.6. The van der Waals surface area contributed by atoms with E-state index in [4.69, 9.17) is 9.63 Å². The number of nitrogens with zero attached hydrogens (tertiary/aromatic N) is 1. The van der Waals surface area contributed by atoms with Crippen LogP contribution in [0, 0.1) is 25.7 Å². The van der Waals surface area contributed by atoms with E-state index in [0.29, 0.717) is 12.2 Å². The number of rotatable bonds is 4. The maximum atomic E-state index is 11.8. The standard InChI is InChI=1S/C12H16N2O4/c1-5(10-6(2)14-18-7(10)3)13-11(15)8-4-9(8)12(16)17/h5,8-9H,4H2,1-3H3,(H,13,15)(H,16,17)/t5-,8-,9-/m0/s1. The van der Waals surface area contributed by atoms with Gasteiger partial charge in [-0.25, -0.2) is 0 Å². The lowest BCUT2D eigenvalue weighted by Gasteiger charge is -2.13. The van der Waals surface area contributed by atoms with Crippen LogP contribution in [0.25, 0.3) is 0 Å². The van der Waals surface area contributed by atoms with Gasteiger partial charge in [-0.3, -0.25) is 9.59 Å². The first-order chi connectivity index (χ1) is 8.41. The molecule has 18 heavy (non-hydrogen) atoms. The van der Waals surface area contributed by atoms with Crippen LogP contribution in [0.1, 0.15) is 36.4 Å². The molecule has 6 nitrogen and oxygen atoms in total. The fourth-order valence-electron chi connectivity index (χ4n) is 2.26. The molecule has 1 aliphatic rings. The molecule has 0 saturated heterocycles. The second kappa shape index (κ2) is 4.44. The van der Waals surface area contributed by atoms with Gasteiger partial charge < -0.3 is 14.9 Å². The molecule has 6 heteroatoms. The number of carboxylic acids is 1. The topological polar surface area (TPSA) is 92.4 Å². The van der Waals surface area contributed by atoms with E-state index in [2.05, 4.69) is 10.5 Å². The Morgan fingerprint density at radius 1 is 1.44 bits per heavy atom. The quantitative estimate of drug-likeness (QED) is 0.839. The van der Waals surface area contributed by atoms with Crippen LogP contribution in [0.4, 0.5) is 0 Å². The molecule has 2 rings (SSSR count). The number of amides is 1. The van der Waals surface area contributed by atoms with Crippen molar-refractivity contribution in [3.63, 3.8) is 0 Å². The molecule has 0 unspecified atom stereocenters. The van der Waals surface area contributed by atoms with Gasteiger partial charge in [0.1, 0.15) is 5.76 Å². The summed E-state index contributed by atoms with van der Waals surface area (Å²) in [6, 6.07) is -0.223. The number of nitrogens with one attached hydrogen (secondary N) is 1. The summed E-state index contributed by atoms with van der Waals surface area (Å²) in [6.45, 7) is 5.43. The average molecular weight is 252 g/mol. The molecule has 1 aliphatic carbocycles. The normalized spacial score (nSPS) is 23.5. The number of aliphatic carboxylic acids is 1. The van der Waals surface area contributed by atoms with Gasteiger partial charge >= 0.3 is 5.97 Å². The maximum absolute atomic E-state index is 11.8. The van der Waals surface area contributed by atoms with Crippen LogP contribution in [-0.2, 0) is 9.59 Å². The minimum absolute atomic E-state index is 0.213. The second-order valence-electron chi connectivity index (χ2n) is 4.76. The number of aromatic nitrogens is 1. The molecule has 3 atom stereocenters. The van der Waals surface area contributed by atoms with Gasteiger partial charge in [-0.05, 0) is 27.2 Å². The molecule has 98 valence electrons. The summed E-state index contributed by atoms with van der Waals surface area (Å²) in [6.07, 6.45) is 0.426. The number of hydrogen-bond donors (Lipinski definition) is 2. The maximum Gasteiger partial charge on any atom is 0.307 e. The molecule has 0 aliphatic heterocycles. The molecule has 0 aromatic carbocycles. The minimum atomic E-state index is -0.903. The Kier molecular flexibility index (Phi) is 3.11. The molecule has 1 saturated carbocycles. The zero-order valence-corrected chi connectivity index (χ0v) is 10.6. The number of hydrogen-bond acceptors (Lipinski definition) is 4. The van der Waals surface area contributed by atoms with E-state index in [0.717, 1.165) is 11.3 Å². The molecule has 1 heterocycles. The van der Waals surface area contributed by atoms with Gasteiger partial charge in [-0.15, -0.1) is 0 Å². The predicted octanol–water partition coefficient (Wildman–Crippen LogP) is 1.19. The average Bonchev–Trinajstić information content (AvgIpc) is 3.00. The van der Waals surface area contributed by atoms with Crippen molar-refractivity contribution >= 4 is 11.9 Å². The Balaban J connectivity index is 1.99. The second-order valence-corrected chi connectivity index (χ2v) is 4.76. The van der Waals surface area contributed by atoms with E-state index in [1.54, 1.807) is 6.92 Å². The van der Waals surface area contributed by atoms with E-state index in [9.17, 15) is 9.59 Å². The van der Waals surface area contributed by atoms with Gasteiger partial charge in [0.25, 0.3) is 0 Å². The predicted molar refractivity (Wildman–Crippen MR) is 61.8 cm³/mol. The third-order valence-corrected chi connectivity index (χ3v) is 3.32. The first-order valence-corrected chi connectivity index (χ1v) is 5.87. The van der Waals surface area contributed by atoms with E-state index in [-0.39, 0.29) is 11.9 Å². The van der Waals surface area contributed by atoms with Crippen molar-refractivity contribution in [2.45, 2.75) is 33.2 Å². The summed E-state index contributed by atoms with van der Waals surface area (Å²) in [5.41, 5.74) is 1.60. The first-order valence-electron chi connectivity index (χ1n) is 5.87. The zero-order valence-electron chi connectivity index (χ0n) is 10.6. The lowest BCUT2D eigenvalue weighted by molar-refractivity contribution is -0.140. The number of aryl methyl sites for hydroxylation is 2. The molecule has 0 radical (unpaired) electrons. The molecule has 1 aromatic heterocycles. The molecule has 1 fully saturated rings. The number of carbonyl (C=O) groups excluding carboxylic acids is 1. The Hall–Kier alpha value is -1.85. The van der Waals surface area contributed by atoms with Crippen LogP contribution in [-0.4, -0.2) is 22.1 Å². The summed E-state index contributed by atoms with van der Waals surface area (Å²) < 4.78 is 5.04. The Morgan fingerprint density at radius 3 is 2.56 bits per heavy atom. The third kappa shape index (κ3) is 2.23. The Bertz CT molecular complexity index is 475. The highest BCUT2D eigenvalue weighted by atomic mass is 16.5. The van der Waals surface area contributed by atoms with Crippen LogP contribution in [0.2, 0.25) is 0 Å². The molecule has 0 spiro atoms. The van der Waals surface area contributed by atoms with Crippen LogP contribution < -0.4 is 5.32 Å². The highest BCUT2D eigenvalue weighted by molar-refractivity contribution is 5.89. The van der Waals surface area contributed by atoms with Crippen LogP contribution in [0.15, 0.2) is 4.52 Å². The monoisotopic (exact) mass is 252 g/mol. The third-order valence-electron chi connectivity index (χ3n) is 3.32. The fraction of sp³-hybridized carbons (Fsp3) is 0.583. The Labute approximate surface area is 104 Å². The summed E-state index contributed by atoms with van der Waals surface area (Å²) in [7, 11) is 0. The van der Waals surface area contributed by atoms with Gasteiger partial charge in [0.15, 0.2) is 0 Å². The van der Waals surface area contributed by atoms with Crippen molar-refractivity contribution in [2.24, 2.45) is 11.8 Å². The molecular weight excluding hydrogens is 236 g/mol. The summed E-state index contributed by atoms with van der Waals surface area (Å²) in [4.78, 5) is 22.5. The van der Waals surface area contributed by atoms with E-state index in [1.807, 2.05) is 13.8 Å². The van der Waals surface area contributed by atoms with Crippen LogP contribution >= 0.6 is 0 Å². The molecule has 2 N–H and O–H groups in total. The smallest absolute Gasteiger partial charge is 0.307 e. The zero-order chi connectivity index (χ0) is 13.4. The van der Waals surface area contributed by atoms with Gasteiger partial charge in [0, 0.05) is 5.56 Å².